The average Bonchev–Trinajstić information content (AvgIpc) is 2.36. The van der Waals surface area contributed by atoms with Gasteiger partial charge in [-0.3, -0.25) is 14.4 Å². The highest BCUT2D eigenvalue weighted by molar-refractivity contribution is 6.02. The van der Waals surface area contributed by atoms with Crippen LogP contribution in [0.2, 0.25) is 0 Å². The third-order valence-corrected chi connectivity index (χ3v) is 2.98. The normalized spacial score (nSPS) is 12.0. The summed E-state index contributed by atoms with van der Waals surface area (Å²) in [6, 6.07) is 2.76. The molecule has 0 aliphatic heterocycles. The number of ether oxygens (including phenoxy) is 1. The van der Waals surface area contributed by atoms with Gasteiger partial charge in [-0.05, 0) is 30.5 Å². The van der Waals surface area contributed by atoms with Crippen molar-refractivity contribution in [3.63, 3.8) is 0 Å². The van der Waals surface area contributed by atoms with Gasteiger partial charge in [0.05, 0.1) is 0 Å². The molecule has 1 aromatic rings. The van der Waals surface area contributed by atoms with E-state index >= 15 is 0 Å². The molecule has 0 heterocycles. The topological polar surface area (TPSA) is 138 Å². The minimum atomic E-state index is -0.920. The molecule has 0 aliphatic rings. The van der Waals surface area contributed by atoms with Crippen molar-refractivity contribution in [1.82, 2.24) is 0 Å². The lowest BCUT2D eigenvalue weighted by atomic mass is 9.91. The van der Waals surface area contributed by atoms with Crippen LogP contribution in [0.5, 0.6) is 5.75 Å². The molecule has 114 valence electrons. The van der Waals surface area contributed by atoms with Crippen LogP contribution in [0.3, 0.4) is 0 Å². The Morgan fingerprint density at radius 1 is 0.952 bits per heavy atom. The predicted octanol–water partition coefficient (Wildman–Crippen LogP) is 0.260. The second-order valence-corrected chi connectivity index (χ2v) is 4.98. The molecular weight excluding hydrogens is 274 g/mol. The maximum Gasteiger partial charge on any atom is 0.258 e. The van der Waals surface area contributed by atoms with Gasteiger partial charge in [0, 0.05) is 11.1 Å². The van der Waals surface area contributed by atoms with Gasteiger partial charge in [-0.2, -0.15) is 0 Å². The van der Waals surface area contributed by atoms with Crippen LogP contribution >= 0.6 is 0 Å². The van der Waals surface area contributed by atoms with Crippen molar-refractivity contribution < 1.29 is 19.1 Å². The fourth-order valence-electron chi connectivity index (χ4n) is 1.99. The van der Waals surface area contributed by atoms with Crippen molar-refractivity contribution in [2.24, 2.45) is 17.2 Å². The van der Waals surface area contributed by atoms with Crippen molar-refractivity contribution in [3.8, 4) is 5.75 Å². The summed E-state index contributed by atoms with van der Waals surface area (Å²) in [5.41, 5.74) is 16.5. The second-order valence-electron chi connectivity index (χ2n) is 4.98. The van der Waals surface area contributed by atoms with Gasteiger partial charge in [0.2, 0.25) is 11.8 Å². The Morgan fingerprint density at radius 2 is 1.38 bits per heavy atom. The Kier molecular flexibility index (Phi) is 4.91. The van der Waals surface area contributed by atoms with Crippen LogP contribution in [0.15, 0.2) is 12.1 Å². The number of nitrogens with two attached hydrogens (primary N) is 3. The number of amides is 3. The summed E-state index contributed by atoms with van der Waals surface area (Å²) in [6.07, 6.45) is -0.920. The fraction of sp³-hybridized carbons (Fsp3) is 0.357. The van der Waals surface area contributed by atoms with Crippen molar-refractivity contribution in [2.45, 2.75) is 32.8 Å². The number of hydrogen-bond acceptors (Lipinski definition) is 4. The summed E-state index contributed by atoms with van der Waals surface area (Å²) >= 11 is 0. The van der Waals surface area contributed by atoms with Crippen molar-refractivity contribution in [2.75, 3.05) is 0 Å². The summed E-state index contributed by atoms with van der Waals surface area (Å²) in [4.78, 5) is 34.2. The van der Waals surface area contributed by atoms with Gasteiger partial charge in [0.1, 0.15) is 5.75 Å². The van der Waals surface area contributed by atoms with E-state index in [9.17, 15) is 14.4 Å². The van der Waals surface area contributed by atoms with E-state index in [1.165, 1.54) is 19.1 Å². The van der Waals surface area contributed by atoms with Crippen molar-refractivity contribution in [1.29, 1.82) is 0 Å². The lowest BCUT2D eigenvalue weighted by Crippen LogP contribution is -2.31. The van der Waals surface area contributed by atoms with Crippen LogP contribution in [0, 0.1) is 0 Å². The first-order chi connectivity index (χ1) is 9.65. The van der Waals surface area contributed by atoms with Gasteiger partial charge >= 0.3 is 0 Å². The summed E-state index contributed by atoms with van der Waals surface area (Å²) < 4.78 is 5.30. The maximum absolute atomic E-state index is 11.6. The highest BCUT2D eigenvalue weighted by atomic mass is 16.5. The molecular formula is C14H19N3O4. The van der Waals surface area contributed by atoms with Crippen LogP contribution in [0.25, 0.3) is 0 Å². The van der Waals surface area contributed by atoms with Gasteiger partial charge in [-0.15, -0.1) is 0 Å². The third kappa shape index (κ3) is 3.71. The molecule has 0 aromatic heterocycles. The van der Waals surface area contributed by atoms with E-state index in [1.807, 2.05) is 0 Å². The fourth-order valence-corrected chi connectivity index (χ4v) is 1.99. The average molecular weight is 293 g/mol. The molecule has 7 nitrogen and oxygen atoms in total. The molecule has 0 bridgehead atoms. The molecule has 3 amide bonds. The second kappa shape index (κ2) is 6.25. The first kappa shape index (κ1) is 16.5. The molecule has 6 N–H and O–H groups in total. The SMILES string of the molecule is CC(Oc1cc(C(N)=O)c(C(C)C)c(C(N)=O)c1)C(N)=O. The Labute approximate surface area is 122 Å². The van der Waals surface area contributed by atoms with Crippen LogP contribution < -0.4 is 21.9 Å². The third-order valence-electron chi connectivity index (χ3n) is 2.98. The van der Waals surface area contributed by atoms with Crippen molar-refractivity contribution in [3.05, 3.63) is 28.8 Å². The number of primary amides is 3. The largest absolute Gasteiger partial charge is 0.481 e. The smallest absolute Gasteiger partial charge is 0.258 e. The quantitative estimate of drug-likeness (QED) is 0.692. The first-order valence-corrected chi connectivity index (χ1v) is 6.38. The molecule has 21 heavy (non-hydrogen) atoms. The van der Waals surface area contributed by atoms with Gasteiger partial charge in [0.15, 0.2) is 6.10 Å². The maximum atomic E-state index is 11.6. The van der Waals surface area contributed by atoms with E-state index in [1.54, 1.807) is 13.8 Å². The van der Waals surface area contributed by atoms with Gasteiger partial charge in [-0.25, -0.2) is 0 Å². The van der Waals surface area contributed by atoms with Gasteiger partial charge < -0.3 is 21.9 Å². The number of hydrogen-bond donors (Lipinski definition) is 3. The van der Waals surface area contributed by atoms with Crippen molar-refractivity contribution >= 4 is 17.7 Å². The van der Waals surface area contributed by atoms with Crippen LogP contribution in [-0.2, 0) is 4.79 Å². The van der Waals surface area contributed by atoms with E-state index in [-0.39, 0.29) is 22.8 Å². The molecule has 1 aromatic carbocycles. The van der Waals surface area contributed by atoms with E-state index in [0.717, 1.165) is 0 Å². The monoisotopic (exact) mass is 293 g/mol. The Balaban J connectivity index is 3.47. The molecule has 0 saturated carbocycles. The Bertz CT molecular complexity index is 561. The van der Waals surface area contributed by atoms with Gasteiger partial charge in [-0.1, -0.05) is 13.8 Å². The molecule has 1 unspecified atom stereocenters. The zero-order chi connectivity index (χ0) is 16.3. The van der Waals surface area contributed by atoms with Crippen LogP contribution in [-0.4, -0.2) is 23.8 Å². The van der Waals surface area contributed by atoms with E-state index in [0.29, 0.717) is 5.56 Å². The summed E-state index contributed by atoms with van der Waals surface area (Å²) in [5.74, 6) is -2.10. The standard InChI is InChI=1S/C14H19N3O4/c1-6(2)11-9(13(16)19)4-8(5-10(11)14(17)20)21-7(3)12(15)18/h4-7H,1-3H3,(H2,15,18)(H2,16,19)(H2,17,20). The minimum Gasteiger partial charge on any atom is -0.481 e. The molecule has 0 spiro atoms. The molecule has 0 fully saturated rings. The Morgan fingerprint density at radius 3 is 1.67 bits per heavy atom. The molecule has 1 atom stereocenters. The van der Waals surface area contributed by atoms with Crippen LogP contribution in [0.1, 0.15) is 53.0 Å². The lowest BCUT2D eigenvalue weighted by Gasteiger charge is -2.18. The molecule has 0 saturated heterocycles. The first-order valence-electron chi connectivity index (χ1n) is 6.38. The number of benzene rings is 1. The lowest BCUT2D eigenvalue weighted by molar-refractivity contribution is -0.123. The van der Waals surface area contributed by atoms with E-state index in [2.05, 4.69) is 0 Å². The van der Waals surface area contributed by atoms with E-state index in [4.69, 9.17) is 21.9 Å². The number of carbonyl (C=O) groups excluding carboxylic acids is 3. The summed E-state index contributed by atoms with van der Waals surface area (Å²) in [7, 11) is 0. The highest BCUT2D eigenvalue weighted by Gasteiger charge is 2.22. The minimum absolute atomic E-state index is 0.132. The highest BCUT2D eigenvalue weighted by Crippen LogP contribution is 2.29. The summed E-state index contributed by atoms with van der Waals surface area (Å²) in [6.45, 7) is 5.06. The molecule has 0 aliphatic carbocycles. The molecule has 1 rings (SSSR count). The summed E-state index contributed by atoms with van der Waals surface area (Å²) in [5, 5.41) is 0. The van der Waals surface area contributed by atoms with Gasteiger partial charge in [0.25, 0.3) is 5.91 Å². The van der Waals surface area contributed by atoms with Crippen LogP contribution in [0.4, 0.5) is 0 Å². The number of rotatable bonds is 6. The zero-order valence-corrected chi connectivity index (χ0v) is 12.2. The Hall–Kier alpha value is -2.57. The zero-order valence-electron chi connectivity index (χ0n) is 12.2. The van der Waals surface area contributed by atoms with E-state index < -0.39 is 23.8 Å². The number of carbonyl (C=O) groups is 3. The predicted molar refractivity (Wildman–Crippen MR) is 76.9 cm³/mol. The molecule has 0 radical (unpaired) electrons. The molecule has 7 heteroatoms.